The zero-order chi connectivity index (χ0) is 14.8. The third kappa shape index (κ3) is 2.96. The number of carbonyl (C=O) groups is 1. The van der Waals surface area contributed by atoms with E-state index in [1.807, 2.05) is 24.3 Å². The van der Waals surface area contributed by atoms with Gasteiger partial charge < -0.3 is 5.32 Å². The lowest BCUT2D eigenvalue weighted by molar-refractivity contribution is 0.102. The van der Waals surface area contributed by atoms with E-state index in [4.69, 9.17) is 23.2 Å². The summed E-state index contributed by atoms with van der Waals surface area (Å²) in [6.45, 7) is 0. The molecule has 21 heavy (non-hydrogen) atoms. The Bertz CT molecular complexity index is 836. The highest BCUT2D eigenvalue weighted by Gasteiger charge is 2.11. The van der Waals surface area contributed by atoms with Crippen LogP contribution in [0.2, 0.25) is 10.3 Å². The number of pyridine rings is 2. The second-order valence-electron chi connectivity index (χ2n) is 4.34. The van der Waals surface area contributed by atoms with E-state index in [1.165, 1.54) is 6.20 Å². The van der Waals surface area contributed by atoms with Gasteiger partial charge in [-0.2, -0.15) is 0 Å². The molecule has 4 nitrogen and oxygen atoms in total. The molecule has 1 amide bonds. The number of benzene rings is 1. The van der Waals surface area contributed by atoms with Gasteiger partial charge in [-0.05, 0) is 23.6 Å². The lowest BCUT2D eigenvalue weighted by atomic mass is 10.1. The summed E-state index contributed by atoms with van der Waals surface area (Å²) in [5.74, 6) is -0.357. The van der Waals surface area contributed by atoms with Crippen molar-refractivity contribution in [3.05, 3.63) is 64.7 Å². The molecule has 0 aliphatic rings. The van der Waals surface area contributed by atoms with Gasteiger partial charge in [0.1, 0.15) is 16.0 Å². The molecule has 0 radical (unpaired) electrons. The Morgan fingerprint density at radius 1 is 1.10 bits per heavy atom. The summed E-state index contributed by atoms with van der Waals surface area (Å²) in [5.41, 5.74) is 0.790. The molecular formula is C15H9Cl2N3O. The maximum atomic E-state index is 12.2. The van der Waals surface area contributed by atoms with Crippen LogP contribution in [0.1, 0.15) is 10.5 Å². The van der Waals surface area contributed by atoms with Gasteiger partial charge in [-0.3, -0.25) is 4.79 Å². The van der Waals surface area contributed by atoms with Crippen molar-refractivity contribution in [2.45, 2.75) is 0 Å². The molecule has 2 heterocycles. The number of rotatable bonds is 2. The third-order valence-corrected chi connectivity index (χ3v) is 3.41. The largest absolute Gasteiger partial charge is 0.320 e. The zero-order valence-corrected chi connectivity index (χ0v) is 12.2. The maximum Gasteiger partial charge on any atom is 0.274 e. The summed E-state index contributed by atoms with van der Waals surface area (Å²) >= 11 is 11.9. The molecule has 0 aliphatic carbocycles. The van der Waals surface area contributed by atoms with Gasteiger partial charge in [-0.15, -0.1) is 0 Å². The molecule has 0 unspecified atom stereocenters. The first-order chi connectivity index (χ1) is 10.1. The molecule has 0 aliphatic heterocycles. The molecule has 0 spiro atoms. The summed E-state index contributed by atoms with van der Waals surface area (Å²) in [6, 6.07) is 12.4. The minimum atomic E-state index is -0.357. The van der Waals surface area contributed by atoms with Crippen molar-refractivity contribution in [1.29, 1.82) is 0 Å². The summed E-state index contributed by atoms with van der Waals surface area (Å²) < 4.78 is 0. The second kappa shape index (κ2) is 5.68. The predicted molar refractivity (Wildman–Crippen MR) is 84.0 cm³/mol. The van der Waals surface area contributed by atoms with Gasteiger partial charge >= 0.3 is 0 Å². The highest BCUT2D eigenvalue weighted by molar-refractivity contribution is 6.34. The van der Waals surface area contributed by atoms with E-state index in [0.717, 1.165) is 10.8 Å². The molecule has 0 saturated heterocycles. The molecule has 0 atom stereocenters. The van der Waals surface area contributed by atoms with Crippen LogP contribution >= 0.6 is 23.2 Å². The molecule has 3 rings (SSSR count). The Morgan fingerprint density at radius 2 is 1.90 bits per heavy atom. The van der Waals surface area contributed by atoms with Crippen molar-refractivity contribution < 1.29 is 4.79 Å². The van der Waals surface area contributed by atoms with Crippen LogP contribution in [0.25, 0.3) is 10.8 Å². The molecule has 104 valence electrons. The summed E-state index contributed by atoms with van der Waals surface area (Å²) in [4.78, 5) is 20.2. The third-order valence-electron chi connectivity index (χ3n) is 2.91. The Labute approximate surface area is 130 Å². The minimum absolute atomic E-state index is 0.242. The first kappa shape index (κ1) is 13.8. The number of halogens is 2. The lowest BCUT2D eigenvalue weighted by Crippen LogP contribution is -2.13. The second-order valence-corrected chi connectivity index (χ2v) is 5.09. The lowest BCUT2D eigenvalue weighted by Gasteiger charge is -2.07. The fourth-order valence-corrected chi connectivity index (χ4v) is 2.39. The molecule has 2 aromatic heterocycles. The molecule has 1 aromatic carbocycles. The van der Waals surface area contributed by atoms with Crippen molar-refractivity contribution in [2.24, 2.45) is 0 Å². The summed E-state index contributed by atoms with van der Waals surface area (Å²) in [7, 11) is 0. The van der Waals surface area contributed by atoms with Crippen molar-refractivity contribution in [2.75, 3.05) is 5.32 Å². The van der Waals surface area contributed by atoms with Crippen molar-refractivity contribution in [3.63, 3.8) is 0 Å². The summed E-state index contributed by atoms with van der Waals surface area (Å²) in [6.07, 6.45) is 1.51. The first-order valence-electron chi connectivity index (χ1n) is 6.12. The first-order valence-corrected chi connectivity index (χ1v) is 6.87. The fraction of sp³-hybridized carbons (Fsp3) is 0. The molecule has 0 saturated carbocycles. The van der Waals surface area contributed by atoms with Gasteiger partial charge in [0.2, 0.25) is 0 Å². The predicted octanol–water partition coefficient (Wildman–Crippen LogP) is 4.19. The molecule has 3 aromatic rings. The quantitative estimate of drug-likeness (QED) is 0.721. The number of anilines is 1. The minimum Gasteiger partial charge on any atom is -0.320 e. The van der Waals surface area contributed by atoms with Gasteiger partial charge in [0, 0.05) is 17.3 Å². The monoisotopic (exact) mass is 317 g/mol. The average Bonchev–Trinajstić information content (AvgIpc) is 2.47. The normalized spacial score (nSPS) is 10.6. The SMILES string of the molecule is O=C(Nc1ccnc(Cl)c1)c1cc2ccccc2c(Cl)n1. The molecule has 1 N–H and O–H groups in total. The molecular weight excluding hydrogens is 309 g/mol. The standard InChI is InChI=1S/C15H9Cl2N3O/c16-13-8-10(5-6-18-13)19-15(21)12-7-9-3-1-2-4-11(9)14(17)20-12/h1-8H,(H,18,19,21). The number of nitrogens with zero attached hydrogens (tertiary/aromatic N) is 2. The Morgan fingerprint density at radius 3 is 2.71 bits per heavy atom. The number of nitrogens with one attached hydrogen (secondary N) is 1. The van der Waals surface area contributed by atoms with Crippen LogP contribution in [0.5, 0.6) is 0 Å². The number of aromatic nitrogens is 2. The van der Waals surface area contributed by atoms with Gasteiger partial charge in [-0.25, -0.2) is 9.97 Å². The van der Waals surface area contributed by atoms with Crippen molar-refractivity contribution in [3.8, 4) is 0 Å². The van der Waals surface area contributed by atoms with Crippen LogP contribution in [-0.4, -0.2) is 15.9 Å². The van der Waals surface area contributed by atoms with Gasteiger partial charge in [0.25, 0.3) is 5.91 Å². The van der Waals surface area contributed by atoms with Crippen LogP contribution in [0.15, 0.2) is 48.7 Å². The Kier molecular flexibility index (Phi) is 3.73. The highest BCUT2D eigenvalue weighted by Crippen LogP contribution is 2.23. The van der Waals surface area contributed by atoms with E-state index >= 15 is 0 Å². The Hall–Kier alpha value is -2.17. The van der Waals surface area contributed by atoms with Gasteiger partial charge in [-0.1, -0.05) is 47.5 Å². The van der Waals surface area contributed by atoms with E-state index < -0.39 is 0 Å². The zero-order valence-electron chi connectivity index (χ0n) is 10.7. The van der Waals surface area contributed by atoms with Crippen LogP contribution in [-0.2, 0) is 0 Å². The number of amides is 1. The fourth-order valence-electron chi connectivity index (χ4n) is 1.95. The number of carbonyl (C=O) groups excluding carboxylic acids is 1. The summed E-state index contributed by atoms with van der Waals surface area (Å²) in [5, 5.41) is 4.97. The number of hydrogen-bond acceptors (Lipinski definition) is 3. The highest BCUT2D eigenvalue weighted by atomic mass is 35.5. The number of hydrogen-bond donors (Lipinski definition) is 1. The number of fused-ring (bicyclic) bond motifs is 1. The smallest absolute Gasteiger partial charge is 0.274 e. The van der Waals surface area contributed by atoms with Gasteiger partial charge in [0.15, 0.2) is 0 Å². The van der Waals surface area contributed by atoms with E-state index in [-0.39, 0.29) is 11.6 Å². The Balaban J connectivity index is 1.94. The molecule has 0 fully saturated rings. The van der Waals surface area contributed by atoms with Crippen LogP contribution < -0.4 is 5.32 Å². The van der Waals surface area contributed by atoms with Crippen LogP contribution in [0, 0.1) is 0 Å². The van der Waals surface area contributed by atoms with Crippen molar-refractivity contribution >= 4 is 45.6 Å². The average molecular weight is 318 g/mol. The topological polar surface area (TPSA) is 54.9 Å². The van der Waals surface area contributed by atoms with E-state index in [2.05, 4.69) is 15.3 Å². The van der Waals surface area contributed by atoms with E-state index in [0.29, 0.717) is 16.0 Å². The molecule has 6 heteroatoms. The van der Waals surface area contributed by atoms with Crippen LogP contribution in [0.3, 0.4) is 0 Å². The molecule has 0 bridgehead atoms. The van der Waals surface area contributed by atoms with E-state index in [1.54, 1.807) is 18.2 Å². The van der Waals surface area contributed by atoms with Crippen molar-refractivity contribution in [1.82, 2.24) is 9.97 Å². The van der Waals surface area contributed by atoms with Gasteiger partial charge in [0.05, 0.1) is 0 Å². The van der Waals surface area contributed by atoms with E-state index in [9.17, 15) is 4.79 Å². The van der Waals surface area contributed by atoms with Crippen LogP contribution in [0.4, 0.5) is 5.69 Å². The maximum absolute atomic E-state index is 12.2.